The molecule has 13 nitrogen and oxygen atoms in total. The maximum absolute atomic E-state index is 13.0. The van der Waals surface area contributed by atoms with E-state index in [9.17, 15) is 29.5 Å². The van der Waals surface area contributed by atoms with Crippen molar-refractivity contribution in [2.45, 2.75) is 29.4 Å². The molecule has 4 rings (SSSR count). The molecule has 1 saturated heterocycles. The summed E-state index contributed by atoms with van der Waals surface area (Å²) in [4.78, 5) is 51.4. The number of aromatic nitrogens is 2. The van der Waals surface area contributed by atoms with Gasteiger partial charge in [0.25, 0.3) is 5.91 Å². The monoisotopic (exact) mass is 566 g/mol. The Morgan fingerprint density at radius 1 is 1.41 bits per heavy atom. The molecule has 4 amide bonds. The van der Waals surface area contributed by atoms with Gasteiger partial charge < -0.3 is 31.4 Å². The van der Waals surface area contributed by atoms with E-state index in [-0.39, 0.29) is 23.1 Å². The topological polar surface area (TPSA) is 191 Å². The number of primary amides is 1. The first-order chi connectivity index (χ1) is 17.7. The van der Waals surface area contributed by atoms with Crippen LogP contribution in [0.25, 0.3) is 0 Å². The Kier molecular flexibility index (Phi) is 8.09. The predicted molar refractivity (Wildman–Crippen MR) is 135 cm³/mol. The van der Waals surface area contributed by atoms with Gasteiger partial charge in [-0.1, -0.05) is 17.8 Å². The molecule has 2 aliphatic rings. The van der Waals surface area contributed by atoms with Crippen LogP contribution in [0, 0.1) is 5.21 Å². The Morgan fingerprint density at radius 3 is 2.81 bits per heavy atom. The van der Waals surface area contributed by atoms with Gasteiger partial charge in [-0.15, -0.1) is 23.1 Å². The third-order valence-corrected chi connectivity index (χ3v) is 8.64. The standard InChI is InChI=1S/C21H22N6O7S3/c1-2-34-13-6-5-12(25-27(13)33)36-8-10-9-37-19-15(18(29)26(19)16(10)20(30)31)23-17(28)14(24-21(22)32)11-4-3-7-35-11/h3-7,14-15,19H,2,8-9H2,1H3,(H,23,28)(H,30,31)(H3,22,24,32)/t14?,15-,19?/m1/s1. The molecule has 1 fully saturated rings. The lowest BCUT2D eigenvalue weighted by molar-refractivity contribution is -0.678. The van der Waals surface area contributed by atoms with Crippen molar-refractivity contribution < 1.29 is 33.9 Å². The number of amides is 4. The Labute approximate surface area is 223 Å². The van der Waals surface area contributed by atoms with Crippen LogP contribution in [0.15, 0.2) is 45.9 Å². The molecule has 0 bridgehead atoms. The summed E-state index contributed by atoms with van der Waals surface area (Å²) in [5.41, 5.74) is 5.54. The minimum Gasteiger partial charge on any atom is -0.591 e. The molecule has 4 heterocycles. The second-order valence-electron chi connectivity index (χ2n) is 7.71. The summed E-state index contributed by atoms with van der Waals surface area (Å²) in [6.45, 7) is 2.05. The van der Waals surface area contributed by atoms with Gasteiger partial charge in [0.15, 0.2) is 5.03 Å². The number of thiophene rings is 1. The van der Waals surface area contributed by atoms with Gasteiger partial charge in [0.1, 0.15) is 23.2 Å². The Bertz CT molecular complexity index is 1260. The van der Waals surface area contributed by atoms with Crippen LogP contribution in [-0.4, -0.2) is 68.4 Å². The maximum Gasteiger partial charge on any atom is 0.405 e. The van der Waals surface area contributed by atoms with Gasteiger partial charge in [-0.05, 0) is 34.9 Å². The molecule has 2 aromatic rings. The average molecular weight is 567 g/mol. The molecular weight excluding hydrogens is 544 g/mol. The number of thioether (sulfide) groups is 2. The van der Waals surface area contributed by atoms with E-state index in [0.29, 0.717) is 26.9 Å². The predicted octanol–water partition coefficient (Wildman–Crippen LogP) is 0.416. The molecule has 0 radical (unpaired) electrons. The molecular formula is C21H22N6O7S3. The number of hydrogen-bond donors (Lipinski definition) is 4. The van der Waals surface area contributed by atoms with E-state index in [4.69, 9.17) is 10.5 Å². The fourth-order valence-electron chi connectivity index (χ4n) is 3.76. The van der Waals surface area contributed by atoms with E-state index in [1.54, 1.807) is 30.5 Å². The molecule has 2 aliphatic heterocycles. The zero-order valence-corrected chi connectivity index (χ0v) is 21.7. The number of β-lactam (4-membered cyclic amide) rings is 1. The normalized spacial score (nSPS) is 19.5. The summed E-state index contributed by atoms with van der Waals surface area (Å²) in [5.74, 6) is -1.95. The van der Waals surface area contributed by atoms with E-state index < -0.39 is 41.3 Å². The van der Waals surface area contributed by atoms with Crippen molar-refractivity contribution in [1.29, 1.82) is 0 Å². The van der Waals surface area contributed by atoms with E-state index in [2.05, 4.69) is 15.7 Å². The fourth-order valence-corrected chi connectivity index (χ4v) is 6.87. The molecule has 0 spiro atoms. The van der Waals surface area contributed by atoms with Gasteiger partial charge in [-0.2, -0.15) is 0 Å². The molecule has 37 heavy (non-hydrogen) atoms. The Morgan fingerprint density at radius 2 is 2.19 bits per heavy atom. The van der Waals surface area contributed by atoms with Gasteiger partial charge in [0.2, 0.25) is 5.91 Å². The van der Waals surface area contributed by atoms with Crippen LogP contribution in [-0.2, 0) is 14.4 Å². The van der Waals surface area contributed by atoms with Crippen molar-refractivity contribution in [3.63, 3.8) is 0 Å². The second kappa shape index (κ2) is 11.3. The van der Waals surface area contributed by atoms with E-state index in [0.717, 1.165) is 16.7 Å². The summed E-state index contributed by atoms with van der Waals surface area (Å²) in [6.07, 6.45) is 0. The zero-order chi connectivity index (χ0) is 26.7. The van der Waals surface area contributed by atoms with Crippen LogP contribution in [0.1, 0.15) is 17.8 Å². The van der Waals surface area contributed by atoms with Gasteiger partial charge in [0, 0.05) is 21.5 Å². The minimum absolute atomic E-state index is 0.0555. The third-order valence-electron chi connectivity index (χ3n) is 5.36. The van der Waals surface area contributed by atoms with E-state index >= 15 is 0 Å². The molecule has 0 aliphatic carbocycles. The fraction of sp³-hybridized carbons (Fsp3) is 0.333. The first kappa shape index (κ1) is 26.6. The van der Waals surface area contributed by atoms with E-state index in [1.165, 1.54) is 29.2 Å². The highest BCUT2D eigenvalue weighted by atomic mass is 32.2. The maximum atomic E-state index is 13.0. The van der Waals surface area contributed by atoms with Crippen molar-refractivity contribution in [3.8, 4) is 5.88 Å². The highest BCUT2D eigenvalue weighted by molar-refractivity contribution is 8.01. The number of carbonyl (C=O) groups excluding carboxylic acids is 3. The molecule has 196 valence electrons. The van der Waals surface area contributed by atoms with Crippen molar-refractivity contribution in [3.05, 3.63) is 51.0 Å². The number of aliphatic carboxylic acids is 1. The summed E-state index contributed by atoms with van der Waals surface area (Å²) in [5, 5.41) is 32.1. The first-order valence-electron chi connectivity index (χ1n) is 10.9. The number of nitrogens with zero attached hydrogens (tertiary/aromatic N) is 3. The van der Waals surface area contributed by atoms with Crippen LogP contribution < -0.4 is 25.9 Å². The van der Waals surface area contributed by atoms with Crippen LogP contribution in [0.5, 0.6) is 5.88 Å². The number of urea groups is 1. The van der Waals surface area contributed by atoms with Crippen molar-refractivity contribution in [2.75, 3.05) is 18.1 Å². The average Bonchev–Trinajstić information content (AvgIpc) is 3.39. The van der Waals surface area contributed by atoms with Gasteiger partial charge in [-0.3, -0.25) is 14.5 Å². The number of carboxylic acids is 1. The molecule has 0 aromatic carbocycles. The van der Waals surface area contributed by atoms with Crippen molar-refractivity contribution >= 4 is 58.7 Å². The number of nitrogens with one attached hydrogen (secondary N) is 2. The lowest BCUT2D eigenvalue weighted by Crippen LogP contribution is -2.71. The summed E-state index contributed by atoms with van der Waals surface area (Å²) in [6, 6.07) is 3.48. The molecule has 2 aromatic heterocycles. The Hall–Kier alpha value is -3.50. The SMILES string of the molecule is CCOc1ccc(SCC2=C(C(=O)O)N3C(=O)[C@@H](NC(=O)C(NC(N)=O)c4cccs4)C3SC2)n[n+]1[O-]. The smallest absolute Gasteiger partial charge is 0.405 e. The number of rotatable bonds is 10. The molecule has 5 N–H and O–H groups in total. The second-order valence-corrected chi connectivity index (χ2v) is 10.8. The van der Waals surface area contributed by atoms with Crippen molar-refractivity contribution in [1.82, 2.24) is 20.6 Å². The van der Waals surface area contributed by atoms with Crippen LogP contribution in [0.3, 0.4) is 0 Å². The molecule has 0 saturated carbocycles. The summed E-state index contributed by atoms with van der Waals surface area (Å²) in [7, 11) is 0. The zero-order valence-electron chi connectivity index (χ0n) is 19.3. The van der Waals surface area contributed by atoms with Gasteiger partial charge in [0.05, 0.1) is 12.7 Å². The minimum atomic E-state index is -1.27. The van der Waals surface area contributed by atoms with Gasteiger partial charge >= 0.3 is 17.9 Å². The number of fused-ring (bicyclic) bond motifs is 1. The molecule has 16 heteroatoms. The quantitative estimate of drug-likeness (QED) is 0.136. The number of carbonyl (C=O) groups is 4. The van der Waals surface area contributed by atoms with E-state index in [1.807, 2.05) is 0 Å². The van der Waals surface area contributed by atoms with Crippen LogP contribution >= 0.6 is 34.9 Å². The van der Waals surface area contributed by atoms with Crippen LogP contribution in [0.2, 0.25) is 0 Å². The third kappa shape index (κ3) is 5.60. The lowest BCUT2D eigenvalue weighted by atomic mass is 10.0. The largest absolute Gasteiger partial charge is 0.591 e. The van der Waals surface area contributed by atoms with Crippen LogP contribution in [0.4, 0.5) is 4.79 Å². The Balaban J connectivity index is 1.46. The molecule has 3 atom stereocenters. The number of hydrogen-bond acceptors (Lipinski definition) is 10. The number of carboxylic acid groups (broad SMARTS) is 1. The number of ether oxygens (including phenoxy) is 1. The van der Waals surface area contributed by atoms with Crippen molar-refractivity contribution in [2.24, 2.45) is 5.73 Å². The first-order valence-corrected chi connectivity index (χ1v) is 13.8. The highest BCUT2D eigenvalue weighted by Gasteiger charge is 2.54. The molecule has 2 unspecified atom stereocenters. The summed E-state index contributed by atoms with van der Waals surface area (Å²) < 4.78 is 5.16. The van der Waals surface area contributed by atoms with Gasteiger partial charge in [-0.25, -0.2) is 9.59 Å². The number of nitrogens with two attached hydrogens (primary N) is 1. The lowest BCUT2D eigenvalue weighted by Gasteiger charge is -2.49. The highest BCUT2D eigenvalue weighted by Crippen LogP contribution is 2.41. The summed E-state index contributed by atoms with van der Waals surface area (Å²) >= 11 is 3.70.